The van der Waals surface area contributed by atoms with Crippen molar-refractivity contribution in [2.24, 2.45) is 0 Å². The minimum atomic E-state index is -4.03. The van der Waals surface area contributed by atoms with Crippen LogP contribution in [0.1, 0.15) is 48.3 Å². The van der Waals surface area contributed by atoms with E-state index in [-0.39, 0.29) is 41.5 Å². The fourth-order valence-electron chi connectivity index (χ4n) is 4.29. The van der Waals surface area contributed by atoms with Crippen molar-refractivity contribution in [3.05, 3.63) is 83.2 Å². The van der Waals surface area contributed by atoms with E-state index < -0.39 is 33.1 Å². The summed E-state index contributed by atoms with van der Waals surface area (Å²) >= 11 is 0. The van der Waals surface area contributed by atoms with Crippen molar-refractivity contribution in [2.75, 3.05) is 6.61 Å². The molecule has 2 heterocycles. The number of hydrogen-bond donors (Lipinski definition) is 0. The van der Waals surface area contributed by atoms with E-state index in [0.717, 1.165) is 12.8 Å². The maximum Gasteiger partial charge on any atom is 0.257 e. The number of rotatable bonds is 9. The first-order valence-corrected chi connectivity index (χ1v) is 13.5. The summed E-state index contributed by atoms with van der Waals surface area (Å²) < 4.78 is 62.6. The number of carbonyl (C=O) groups is 1. The van der Waals surface area contributed by atoms with Crippen LogP contribution >= 0.6 is 0 Å². The Bertz CT molecular complexity index is 1330. The monoisotopic (exact) mass is 517 g/mol. The molecule has 2 aromatic carbocycles. The van der Waals surface area contributed by atoms with Crippen LogP contribution in [-0.2, 0) is 33.4 Å². The lowest BCUT2D eigenvalue weighted by Crippen LogP contribution is -2.38. The molecule has 1 unspecified atom stereocenters. The van der Waals surface area contributed by atoms with Crippen LogP contribution in [0.2, 0.25) is 0 Å². The Hall–Kier alpha value is -3.11. The number of nitrogens with zero attached hydrogens (tertiary/aromatic N) is 3. The molecule has 0 bridgehead atoms. The van der Waals surface area contributed by atoms with Gasteiger partial charge in [0.25, 0.3) is 5.91 Å². The third-order valence-electron chi connectivity index (χ3n) is 6.21. The van der Waals surface area contributed by atoms with Gasteiger partial charge in [-0.1, -0.05) is 30.3 Å². The third-order valence-corrected chi connectivity index (χ3v) is 7.79. The number of imidazole rings is 1. The zero-order chi connectivity index (χ0) is 25.9. The average Bonchev–Trinajstić information content (AvgIpc) is 3.49. The fraction of sp³-hybridized carbons (Fsp3) is 0.385. The standard InChI is InChI=1S/C26H29F2N3O4S/c1-18(2)30(25(32)22-10-4-6-12-24(22)28)15-20-14-29-26(31(20)16-21-9-7-13-35-21)36(33,34)17-19-8-3-5-11-23(19)27/h3-6,8,10-12,14,18,21H,7,9,13,15-17H2,1-2H3. The molecule has 1 atom stereocenters. The van der Waals surface area contributed by atoms with Gasteiger partial charge in [-0.15, -0.1) is 0 Å². The lowest BCUT2D eigenvalue weighted by molar-refractivity contribution is 0.0673. The molecular weight excluding hydrogens is 488 g/mol. The summed E-state index contributed by atoms with van der Waals surface area (Å²) in [6.45, 7) is 4.42. The maximum absolute atomic E-state index is 14.4. The predicted octanol–water partition coefficient (Wildman–Crippen LogP) is 4.37. The van der Waals surface area contributed by atoms with Crippen LogP contribution in [0.4, 0.5) is 8.78 Å². The van der Waals surface area contributed by atoms with Crippen LogP contribution in [0.3, 0.4) is 0 Å². The highest BCUT2D eigenvalue weighted by molar-refractivity contribution is 7.90. The van der Waals surface area contributed by atoms with Crippen molar-refractivity contribution in [2.45, 2.75) is 62.8 Å². The molecule has 10 heteroatoms. The Morgan fingerprint density at radius 2 is 1.83 bits per heavy atom. The van der Waals surface area contributed by atoms with Gasteiger partial charge in [-0.25, -0.2) is 22.2 Å². The Morgan fingerprint density at radius 1 is 1.14 bits per heavy atom. The molecule has 36 heavy (non-hydrogen) atoms. The van der Waals surface area contributed by atoms with Crippen molar-refractivity contribution >= 4 is 15.7 Å². The van der Waals surface area contributed by atoms with Gasteiger partial charge in [0.05, 0.1) is 42.4 Å². The molecule has 0 radical (unpaired) electrons. The average molecular weight is 518 g/mol. The number of benzene rings is 2. The largest absolute Gasteiger partial charge is 0.376 e. The number of ether oxygens (including phenoxy) is 1. The van der Waals surface area contributed by atoms with Gasteiger partial charge in [0.1, 0.15) is 11.6 Å². The zero-order valence-electron chi connectivity index (χ0n) is 20.2. The smallest absolute Gasteiger partial charge is 0.257 e. The van der Waals surface area contributed by atoms with Gasteiger partial charge >= 0.3 is 0 Å². The van der Waals surface area contributed by atoms with Gasteiger partial charge in [0.15, 0.2) is 0 Å². The van der Waals surface area contributed by atoms with E-state index in [1.807, 2.05) is 0 Å². The minimum absolute atomic E-state index is 0.0137. The Kier molecular flexibility index (Phi) is 7.85. The van der Waals surface area contributed by atoms with Crippen LogP contribution in [0, 0.1) is 11.6 Å². The first-order valence-electron chi connectivity index (χ1n) is 11.8. The van der Waals surface area contributed by atoms with Crippen molar-refractivity contribution in [3.63, 3.8) is 0 Å². The quantitative estimate of drug-likeness (QED) is 0.421. The topological polar surface area (TPSA) is 81.5 Å². The molecule has 192 valence electrons. The molecule has 1 saturated heterocycles. The van der Waals surface area contributed by atoms with E-state index in [9.17, 15) is 22.0 Å². The molecular formula is C26H29F2N3O4S. The first-order chi connectivity index (χ1) is 17.2. The normalized spacial score (nSPS) is 16.0. The van der Waals surface area contributed by atoms with Gasteiger partial charge in [0, 0.05) is 18.2 Å². The molecule has 0 saturated carbocycles. The lowest BCUT2D eigenvalue weighted by atomic mass is 10.1. The van der Waals surface area contributed by atoms with E-state index in [1.165, 1.54) is 52.1 Å². The lowest BCUT2D eigenvalue weighted by Gasteiger charge is -2.28. The van der Waals surface area contributed by atoms with Crippen molar-refractivity contribution < 1.29 is 26.7 Å². The van der Waals surface area contributed by atoms with E-state index in [2.05, 4.69) is 4.98 Å². The van der Waals surface area contributed by atoms with Gasteiger partial charge in [0.2, 0.25) is 15.0 Å². The summed E-state index contributed by atoms with van der Waals surface area (Å²) in [6.07, 6.45) is 2.81. The number of carbonyl (C=O) groups excluding carboxylic acids is 1. The number of aromatic nitrogens is 2. The molecule has 1 fully saturated rings. The van der Waals surface area contributed by atoms with Crippen LogP contribution in [0.5, 0.6) is 0 Å². The van der Waals surface area contributed by atoms with E-state index in [0.29, 0.717) is 12.3 Å². The molecule has 1 aliphatic heterocycles. The van der Waals surface area contributed by atoms with Crippen molar-refractivity contribution in [1.29, 1.82) is 0 Å². The SMILES string of the molecule is CC(C)N(Cc1cnc(S(=O)(=O)Cc2ccccc2F)n1CC1CCCO1)C(=O)c1ccccc1F. The highest BCUT2D eigenvalue weighted by Gasteiger charge is 2.30. The Morgan fingerprint density at radius 3 is 2.47 bits per heavy atom. The molecule has 1 aliphatic rings. The second-order valence-electron chi connectivity index (χ2n) is 9.13. The number of halogens is 2. The van der Waals surface area contributed by atoms with Crippen molar-refractivity contribution in [1.82, 2.24) is 14.5 Å². The van der Waals surface area contributed by atoms with Gasteiger partial charge in [-0.2, -0.15) is 0 Å². The Labute approximate surface area is 209 Å². The predicted molar refractivity (Wildman–Crippen MR) is 130 cm³/mol. The molecule has 4 rings (SSSR count). The first kappa shape index (κ1) is 26.0. The second-order valence-corrected chi connectivity index (χ2v) is 11.0. The number of hydrogen-bond acceptors (Lipinski definition) is 5. The molecule has 3 aromatic rings. The summed E-state index contributed by atoms with van der Waals surface area (Å²) in [7, 11) is -4.03. The summed E-state index contributed by atoms with van der Waals surface area (Å²) in [4.78, 5) is 18.9. The highest BCUT2D eigenvalue weighted by atomic mass is 32.2. The fourth-order valence-corrected chi connectivity index (χ4v) is 5.80. The maximum atomic E-state index is 14.4. The molecule has 0 N–H and O–H groups in total. The molecule has 7 nitrogen and oxygen atoms in total. The van der Waals surface area contributed by atoms with E-state index in [4.69, 9.17) is 4.74 Å². The third kappa shape index (κ3) is 5.65. The van der Waals surface area contributed by atoms with Crippen LogP contribution in [0.25, 0.3) is 0 Å². The summed E-state index contributed by atoms with van der Waals surface area (Å²) in [6, 6.07) is 11.1. The summed E-state index contributed by atoms with van der Waals surface area (Å²) in [5, 5.41) is -0.210. The van der Waals surface area contributed by atoms with Gasteiger partial charge in [-0.05, 0) is 44.9 Å². The molecule has 1 aromatic heterocycles. The van der Waals surface area contributed by atoms with Gasteiger partial charge < -0.3 is 14.2 Å². The van der Waals surface area contributed by atoms with Crippen LogP contribution in [-0.4, -0.2) is 47.5 Å². The van der Waals surface area contributed by atoms with E-state index >= 15 is 0 Å². The highest BCUT2D eigenvalue weighted by Crippen LogP contribution is 2.24. The minimum Gasteiger partial charge on any atom is -0.376 e. The number of sulfone groups is 1. The summed E-state index contributed by atoms with van der Waals surface area (Å²) in [5.41, 5.74) is 0.448. The van der Waals surface area contributed by atoms with E-state index in [1.54, 1.807) is 26.0 Å². The van der Waals surface area contributed by atoms with Gasteiger partial charge in [-0.3, -0.25) is 4.79 Å². The van der Waals surface area contributed by atoms with Crippen LogP contribution in [0.15, 0.2) is 59.9 Å². The molecule has 0 spiro atoms. The summed E-state index contributed by atoms with van der Waals surface area (Å²) in [5.74, 6) is -2.30. The number of amides is 1. The second kappa shape index (κ2) is 10.9. The van der Waals surface area contributed by atoms with Crippen molar-refractivity contribution in [3.8, 4) is 0 Å². The molecule has 1 amide bonds. The molecule has 0 aliphatic carbocycles. The zero-order valence-corrected chi connectivity index (χ0v) is 21.0. The Balaban J connectivity index is 1.70. The van der Waals surface area contributed by atoms with Crippen LogP contribution < -0.4 is 0 Å².